The third-order valence-electron chi connectivity index (χ3n) is 2.00. The molecule has 0 aliphatic carbocycles. The standard InChI is InChI=1S/C10H14N2O/c1-4-12(9(3)13)10-7-11-6-5-8(10)2/h5-7H,4H2,1-3H3. The summed E-state index contributed by atoms with van der Waals surface area (Å²) in [6.45, 7) is 6.17. The molecule has 0 bridgehead atoms. The highest BCUT2D eigenvalue weighted by atomic mass is 16.2. The van der Waals surface area contributed by atoms with Gasteiger partial charge in [0.05, 0.1) is 11.9 Å². The van der Waals surface area contributed by atoms with Gasteiger partial charge >= 0.3 is 0 Å². The van der Waals surface area contributed by atoms with Crippen molar-refractivity contribution in [3.05, 3.63) is 24.0 Å². The van der Waals surface area contributed by atoms with Crippen molar-refractivity contribution in [2.45, 2.75) is 20.8 Å². The van der Waals surface area contributed by atoms with Crippen molar-refractivity contribution in [1.82, 2.24) is 4.98 Å². The van der Waals surface area contributed by atoms with Gasteiger partial charge in [0, 0.05) is 19.7 Å². The minimum absolute atomic E-state index is 0.0543. The highest BCUT2D eigenvalue weighted by Gasteiger charge is 2.10. The number of carbonyl (C=O) groups is 1. The molecule has 1 rings (SSSR count). The maximum atomic E-state index is 11.2. The molecule has 0 aliphatic heterocycles. The van der Waals surface area contributed by atoms with E-state index >= 15 is 0 Å². The molecule has 0 saturated heterocycles. The summed E-state index contributed by atoms with van der Waals surface area (Å²) in [6, 6.07) is 1.90. The van der Waals surface area contributed by atoms with Crippen LogP contribution in [0.4, 0.5) is 5.69 Å². The van der Waals surface area contributed by atoms with Crippen LogP contribution in [-0.4, -0.2) is 17.4 Å². The summed E-state index contributed by atoms with van der Waals surface area (Å²) in [5.74, 6) is 0.0543. The molecule has 13 heavy (non-hydrogen) atoms. The first kappa shape index (κ1) is 9.71. The summed E-state index contributed by atoms with van der Waals surface area (Å²) in [5.41, 5.74) is 1.98. The van der Waals surface area contributed by atoms with Gasteiger partial charge in [0.2, 0.25) is 5.91 Å². The molecule has 1 heterocycles. The van der Waals surface area contributed by atoms with Gasteiger partial charge in [0.1, 0.15) is 0 Å². The molecule has 1 aromatic rings. The number of carbonyl (C=O) groups excluding carboxylic acids is 1. The molecular formula is C10H14N2O. The van der Waals surface area contributed by atoms with E-state index in [9.17, 15) is 4.79 Å². The molecule has 0 fully saturated rings. The van der Waals surface area contributed by atoms with Gasteiger partial charge in [-0.15, -0.1) is 0 Å². The Morgan fingerprint density at radius 1 is 1.62 bits per heavy atom. The fraction of sp³-hybridized carbons (Fsp3) is 0.400. The van der Waals surface area contributed by atoms with Gasteiger partial charge in [-0.1, -0.05) is 0 Å². The van der Waals surface area contributed by atoms with Gasteiger partial charge in [-0.2, -0.15) is 0 Å². The molecule has 0 atom stereocenters. The summed E-state index contributed by atoms with van der Waals surface area (Å²) in [4.78, 5) is 16.9. The molecule has 1 amide bonds. The van der Waals surface area contributed by atoms with Crippen molar-refractivity contribution in [2.75, 3.05) is 11.4 Å². The Morgan fingerprint density at radius 3 is 2.77 bits per heavy atom. The second-order valence-corrected chi connectivity index (χ2v) is 2.93. The number of nitrogens with zero attached hydrogens (tertiary/aromatic N) is 2. The highest BCUT2D eigenvalue weighted by molar-refractivity contribution is 5.91. The van der Waals surface area contributed by atoms with E-state index in [2.05, 4.69) is 4.98 Å². The number of aromatic nitrogens is 1. The maximum Gasteiger partial charge on any atom is 0.223 e. The first-order valence-corrected chi connectivity index (χ1v) is 4.35. The number of rotatable bonds is 2. The second kappa shape index (κ2) is 4.03. The van der Waals surface area contributed by atoms with E-state index in [1.54, 1.807) is 24.2 Å². The Bertz CT molecular complexity index is 310. The topological polar surface area (TPSA) is 33.2 Å². The maximum absolute atomic E-state index is 11.2. The zero-order chi connectivity index (χ0) is 9.84. The number of amides is 1. The fourth-order valence-electron chi connectivity index (χ4n) is 1.30. The van der Waals surface area contributed by atoms with Crippen LogP contribution in [0.2, 0.25) is 0 Å². The van der Waals surface area contributed by atoms with Crippen molar-refractivity contribution < 1.29 is 4.79 Å². The van der Waals surface area contributed by atoms with Crippen LogP contribution in [-0.2, 0) is 4.79 Å². The molecule has 0 spiro atoms. The predicted molar refractivity (Wildman–Crippen MR) is 52.7 cm³/mol. The monoisotopic (exact) mass is 178 g/mol. The number of anilines is 1. The quantitative estimate of drug-likeness (QED) is 0.691. The van der Waals surface area contributed by atoms with Crippen LogP contribution in [0, 0.1) is 6.92 Å². The molecule has 0 N–H and O–H groups in total. The predicted octanol–water partition coefficient (Wildman–Crippen LogP) is 1.76. The average molecular weight is 178 g/mol. The molecule has 0 aromatic carbocycles. The summed E-state index contributed by atoms with van der Waals surface area (Å²) in [5, 5.41) is 0. The van der Waals surface area contributed by atoms with E-state index in [4.69, 9.17) is 0 Å². The Labute approximate surface area is 78.4 Å². The first-order chi connectivity index (χ1) is 6.16. The zero-order valence-electron chi connectivity index (χ0n) is 8.24. The fourth-order valence-corrected chi connectivity index (χ4v) is 1.30. The number of pyridine rings is 1. The van der Waals surface area contributed by atoms with Crippen molar-refractivity contribution in [1.29, 1.82) is 0 Å². The van der Waals surface area contributed by atoms with Crippen LogP contribution in [0.3, 0.4) is 0 Å². The van der Waals surface area contributed by atoms with E-state index in [0.717, 1.165) is 11.3 Å². The van der Waals surface area contributed by atoms with Crippen molar-refractivity contribution in [3.63, 3.8) is 0 Å². The Hall–Kier alpha value is -1.38. The van der Waals surface area contributed by atoms with Crippen LogP contribution in [0.1, 0.15) is 19.4 Å². The Balaban J connectivity index is 3.04. The molecule has 1 aromatic heterocycles. The van der Waals surface area contributed by atoms with E-state index in [1.807, 2.05) is 19.9 Å². The van der Waals surface area contributed by atoms with Crippen LogP contribution in [0.25, 0.3) is 0 Å². The molecule has 0 aliphatic rings. The van der Waals surface area contributed by atoms with Gasteiger partial charge in [0.15, 0.2) is 0 Å². The lowest BCUT2D eigenvalue weighted by atomic mass is 10.2. The summed E-state index contributed by atoms with van der Waals surface area (Å²) in [6.07, 6.45) is 3.45. The van der Waals surface area contributed by atoms with Crippen LogP contribution >= 0.6 is 0 Å². The summed E-state index contributed by atoms with van der Waals surface area (Å²) in [7, 11) is 0. The van der Waals surface area contributed by atoms with Gasteiger partial charge < -0.3 is 4.90 Å². The third kappa shape index (κ3) is 2.05. The Kier molecular flexibility index (Phi) is 3.01. The van der Waals surface area contributed by atoms with E-state index in [1.165, 1.54) is 0 Å². The second-order valence-electron chi connectivity index (χ2n) is 2.93. The van der Waals surface area contributed by atoms with Crippen LogP contribution in [0.15, 0.2) is 18.5 Å². The minimum Gasteiger partial charge on any atom is -0.311 e. The lowest BCUT2D eigenvalue weighted by Gasteiger charge is -2.20. The molecule has 3 heteroatoms. The normalized spacial score (nSPS) is 9.77. The van der Waals surface area contributed by atoms with E-state index in [-0.39, 0.29) is 5.91 Å². The van der Waals surface area contributed by atoms with Crippen molar-refractivity contribution >= 4 is 11.6 Å². The molecule has 0 unspecified atom stereocenters. The smallest absolute Gasteiger partial charge is 0.223 e. The molecule has 70 valence electrons. The van der Waals surface area contributed by atoms with Gasteiger partial charge in [-0.3, -0.25) is 9.78 Å². The van der Waals surface area contributed by atoms with Crippen LogP contribution < -0.4 is 4.90 Å². The molecule has 0 radical (unpaired) electrons. The summed E-state index contributed by atoms with van der Waals surface area (Å²) < 4.78 is 0. The lowest BCUT2D eigenvalue weighted by Crippen LogP contribution is -2.28. The largest absolute Gasteiger partial charge is 0.311 e. The lowest BCUT2D eigenvalue weighted by molar-refractivity contribution is -0.116. The molecular weight excluding hydrogens is 164 g/mol. The van der Waals surface area contributed by atoms with Crippen molar-refractivity contribution in [2.24, 2.45) is 0 Å². The third-order valence-corrected chi connectivity index (χ3v) is 2.00. The SMILES string of the molecule is CCN(C(C)=O)c1cnccc1C. The van der Waals surface area contributed by atoms with E-state index in [0.29, 0.717) is 6.54 Å². The zero-order valence-corrected chi connectivity index (χ0v) is 8.24. The van der Waals surface area contributed by atoms with Gasteiger partial charge in [0.25, 0.3) is 0 Å². The minimum atomic E-state index is 0.0543. The summed E-state index contributed by atoms with van der Waals surface area (Å²) >= 11 is 0. The van der Waals surface area contributed by atoms with E-state index < -0.39 is 0 Å². The highest BCUT2D eigenvalue weighted by Crippen LogP contribution is 2.17. The van der Waals surface area contributed by atoms with Crippen molar-refractivity contribution in [3.8, 4) is 0 Å². The van der Waals surface area contributed by atoms with Crippen LogP contribution in [0.5, 0.6) is 0 Å². The molecule has 3 nitrogen and oxygen atoms in total. The first-order valence-electron chi connectivity index (χ1n) is 4.35. The molecule has 0 saturated carbocycles. The van der Waals surface area contributed by atoms with Gasteiger partial charge in [-0.25, -0.2) is 0 Å². The number of hydrogen-bond donors (Lipinski definition) is 0. The average Bonchev–Trinajstić information content (AvgIpc) is 2.09. The Morgan fingerprint density at radius 2 is 2.31 bits per heavy atom. The number of aryl methyl sites for hydroxylation is 1. The number of hydrogen-bond acceptors (Lipinski definition) is 2. The van der Waals surface area contributed by atoms with Gasteiger partial charge in [-0.05, 0) is 25.5 Å².